The number of hydrogen-bond acceptors (Lipinski definition) is 4. The summed E-state index contributed by atoms with van der Waals surface area (Å²) >= 11 is 17.5. The molecule has 0 unspecified atom stereocenters. The number of nitrogens with one attached hydrogen (secondary N) is 2. The van der Waals surface area contributed by atoms with Crippen LogP contribution in [0.25, 0.3) is 0 Å². The zero-order valence-corrected chi connectivity index (χ0v) is 16.4. The fourth-order valence-corrected chi connectivity index (χ4v) is 2.61. The highest BCUT2D eigenvalue weighted by atomic mass is 35.5. The second kappa shape index (κ2) is 9.60. The summed E-state index contributed by atoms with van der Waals surface area (Å²) < 4.78 is 5.00. The predicted octanol–water partition coefficient (Wildman–Crippen LogP) is 3.95. The van der Waals surface area contributed by atoms with Crippen LogP contribution in [0.15, 0.2) is 42.5 Å². The van der Waals surface area contributed by atoms with Gasteiger partial charge in [0.25, 0.3) is 11.8 Å². The monoisotopic (exact) mass is 428 g/mol. The first kappa shape index (κ1) is 21.0. The van der Waals surface area contributed by atoms with Gasteiger partial charge in [0.15, 0.2) is 6.10 Å². The summed E-state index contributed by atoms with van der Waals surface area (Å²) in [6, 6.07) is 10.8. The van der Waals surface area contributed by atoms with E-state index in [4.69, 9.17) is 39.5 Å². The van der Waals surface area contributed by atoms with E-state index in [1.807, 2.05) is 0 Å². The fraction of sp³-hybridized carbons (Fsp3) is 0.167. The summed E-state index contributed by atoms with van der Waals surface area (Å²) in [5.74, 6) is -1.85. The maximum absolute atomic E-state index is 12.0. The van der Waals surface area contributed by atoms with Gasteiger partial charge in [-0.2, -0.15) is 0 Å². The van der Waals surface area contributed by atoms with E-state index in [2.05, 4.69) is 10.6 Å². The molecule has 2 rings (SSSR count). The molecule has 9 heteroatoms. The molecule has 2 N–H and O–H groups in total. The van der Waals surface area contributed by atoms with Crippen molar-refractivity contribution in [2.45, 2.75) is 13.0 Å². The molecule has 2 aromatic carbocycles. The number of carbonyl (C=O) groups is 3. The Morgan fingerprint density at radius 2 is 1.63 bits per heavy atom. The average Bonchev–Trinajstić information content (AvgIpc) is 2.61. The minimum Gasteiger partial charge on any atom is -0.451 e. The van der Waals surface area contributed by atoms with Crippen molar-refractivity contribution < 1.29 is 19.1 Å². The van der Waals surface area contributed by atoms with E-state index < -0.39 is 30.4 Å². The Hall–Kier alpha value is -2.28. The number of benzene rings is 2. The van der Waals surface area contributed by atoms with Crippen LogP contribution in [-0.2, 0) is 14.3 Å². The number of anilines is 1. The second-order valence-electron chi connectivity index (χ2n) is 5.44. The SMILES string of the molecule is C[C@H](OC(=O)CNC(=O)c1ccc(Cl)cc1Cl)C(=O)Nc1ccc(Cl)cc1. The molecule has 0 heterocycles. The van der Waals surface area contributed by atoms with Gasteiger partial charge in [-0.1, -0.05) is 34.8 Å². The standard InChI is InChI=1S/C18H15Cl3N2O4/c1-10(17(25)23-13-5-2-11(19)3-6-13)27-16(24)9-22-18(26)14-7-4-12(20)8-15(14)21/h2-8,10H,9H2,1H3,(H,22,26)(H,23,25)/t10-/m0/s1. The van der Waals surface area contributed by atoms with Crippen LogP contribution in [0.4, 0.5) is 5.69 Å². The molecule has 2 amide bonds. The molecule has 0 saturated carbocycles. The largest absolute Gasteiger partial charge is 0.451 e. The fourth-order valence-electron chi connectivity index (χ4n) is 1.99. The molecule has 0 bridgehead atoms. The van der Waals surface area contributed by atoms with E-state index in [9.17, 15) is 14.4 Å². The highest BCUT2D eigenvalue weighted by Crippen LogP contribution is 2.20. The average molecular weight is 430 g/mol. The van der Waals surface area contributed by atoms with E-state index in [0.717, 1.165) is 0 Å². The minimum atomic E-state index is -1.05. The third kappa shape index (κ3) is 6.43. The molecular formula is C18H15Cl3N2O4. The van der Waals surface area contributed by atoms with Crippen molar-refractivity contribution in [3.63, 3.8) is 0 Å². The third-order valence-electron chi connectivity index (χ3n) is 3.36. The van der Waals surface area contributed by atoms with Gasteiger partial charge in [0.05, 0.1) is 10.6 Å². The van der Waals surface area contributed by atoms with Crippen LogP contribution in [0.5, 0.6) is 0 Å². The lowest BCUT2D eigenvalue weighted by molar-refractivity contribution is -0.152. The van der Waals surface area contributed by atoms with Crippen LogP contribution >= 0.6 is 34.8 Å². The van der Waals surface area contributed by atoms with Crippen molar-refractivity contribution in [1.82, 2.24) is 5.32 Å². The zero-order chi connectivity index (χ0) is 20.0. The van der Waals surface area contributed by atoms with Crippen LogP contribution in [-0.4, -0.2) is 30.4 Å². The van der Waals surface area contributed by atoms with Crippen molar-refractivity contribution >= 4 is 58.3 Å². The van der Waals surface area contributed by atoms with Crippen molar-refractivity contribution in [3.05, 3.63) is 63.1 Å². The van der Waals surface area contributed by atoms with Gasteiger partial charge in [-0.3, -0.25) is 14.4 Å². The van der Waals surface area contributed by atoms with Gasteiger partial charge in [-0.25, -0.2) is 0 Å². The van der Waals surface area contributed by atoms with E-state index in [0.29, 0.717) is 15.7 Å². The molecule has 0 saturated heterocycles. The lowest BCUT2D eigenvalue weighted by Gasteiger charge is -2.14. The molecule has 6 nitrogen and oxygen atoms in total. The summed E-state index contributed by atoms with van der Waals surface area (Å²) in [6.45, 7) is 0.997. The molecule has 142 valence electrons. The summed E-state index contributed by atoms with van der Waals surface area (Å²) in [5, 5.41) is 6.03. The van der Waals surface area contributed by atoms with E-state index in [-0.39, 0.29) is 10.6 Å². The van der Waals surface area contributed by atoms with Gasteiger partial charge >= 0.3 is 5.97 Å². The normalized spacial score (nSPS) is 11.4. The number of esters is 1. The first-order valence-electron chi connectivity index (χ1n) is 7.75. The summed E-state index contributed by atoms with van der Waals surface area (Å²) in [7, 11) is 0. The molecule has 0 radical (unpaired) electrons. The van der Waals surface area contributed by atoms with Gasteiger partial charge in [-0.15, -0.1) is 0 Å². The molecule has 0 aliphatic heterocycles. The number of amides is 2. The molecule has 27 heavy (non-hydrogen) atoms. The predicted molar refractivity (Wildman–Crippen MR) is 104 cm³/mol. The quantitative estimate of drug-likeness (QED) is 0.681. The number of hydrogen-bond donors (Lipinski definition) is 2. The Morgan fingerprint density at radius 3 is 2.26 bits per heavy atom. The molecule has 2 aromatic rings. The molecule has 0 aliphatic carbocycles. The maximum Gasteiger partial charge on any atom is 0.326 e. The molecule has 0 aromatic heterocycles. The van der Waals surface area contributed by atoms with Crippen LogP contribution in [0.2, 0.25) is 15.1 Å². The summed E-state index contributed by atoms with van der Waals surface area (Å²) in [4.78, 5) is 35.9. The van der Waals surface area contributed by atoms with Crippen molar-refractivity contribution in [1.29, 1.82) is 0 Å². The smallest absolute Gasteiger partial charge is 0.326 e. The van der Waals surface area contributed by atoms with Gasteiger partial charge in [0, 0.05) is 15.7 Å². The highest BCUT2D eigenvalue weighted by Gasteiger charge is 2.19. The van der Waals surface area contributed by atoms with Gasteiger partial charge in [0.1, 0.15) is 6.54 Å². The van der Waals surface area contributed by atoms with E-state index in [1.54, 1.807) is 24.3 Å². The minimum absolute atomic E-state index is 0.157. The van der Waals surface area contributed by atoms with Crippen LogP contribution in [0.3, 0.4) is 0 Å². The second-order valence-corrected chi connectivity index (χ2v) is 6.72. The molecule has 0 spiro atoms. The Morgan fingerprint density at radius 1 is 1.00 bits per heavy atom. The van der Waals surface area contributed by atoms with Crippen LogP contribution in [0.1, 0.15) is 17.3 Å². The van der Waals surface area contributed by atoms with Crippen molar-refractivity contribution in [3.8, 4) is 0 Å². The third-order valence-corrected chi connectivity index (χ3v) is 4.16. The topological polar surface area (TPSA) is 84.5 Å². The van der Waals surface area contributed by atoms with Gasteiger partial charge in [-0.05, 0) is 49.4 Å². The van der Waals surface area contributed by atoms with Crippen molar-refractivity contribution in [2.24, 2.45) is 0 Å². The lowest BCUT2D eigenvalue weighted by Crippen LogP contribution is -2.35. The molecule has 0 aliphatic rings. The number of ether oxygens (including phenoxy) is 1. The summed E-state index contributed by atoms with van der Waals surface area (Å²) in [6.07, 6.45) is -1.05. The van der Waals surface area contributed by atoms with Gasteiger partial charge < -0.3 is 15.4 Å². The number of rotatable bonds is 6. The van der Waals surface area contributed by atoms with E-state index in [1.165, 1.54) is 25.1 Å². The van der Waals surface area contributed by atoms with Crippen LogP contribution < -0.4 is 10.6 Å². The molecule has 1 atom stereocenters. The lowest BCUT2D eigenvalue weighted by atomic mass is 10.2. The van der Waals surface area contributed by atoms with Crippen LogP contribution in [0, 0.1) is 0 Å². The zero-order valence-electron chi connectivity index (χ0n) is 14.1. The Bertz CT molecular complexity index is 856. The molecular weight excluding hydrogens is 415 g/mol. The summed E-state index contributed by atoms with van der Waals surface area (Å²) in [5.41, 5.74) is 0.681. The first-order chi connectivity index (χ1) is 12.8. The van der Waals surface area contributed by atoms with Gasteiger partial charge in [0.2, 0.25) is 0 Å². The molecule has 0 fully saturated rings. The first-order valence-corrected chi connectivity index (χ1v) is 8.89. The van der Waals surface area contributed by atoms with E-state index >= 15 is 0 Å². The Labute approximate surface area is 170 Å². The maximum atomic E-state index is 12.0. The number of halogens is 3. The van der Waals surface area contributed by atoms with Crippen molar-refractivity contribution in [2.75, 3.05) is 11.9 Å². The highest BCUT2D eigenvalue weighted by molar-refractivity contribution is 6.36. The Balaban J connectivity index is 1.82. The Kier molecular flexibility index (Phi) is 7.47. The number of carbonyl (C=O) groups excluding carboxylic acids is 3.